The van der Waals surface area contributed by atoms with Crippen molar-refractivity contribution in [1.29, 1.82) is 5.26 Å². The second kappa shape index (κ2) is 8.07. The van der Waals surface area contributed by atoms with Crippen LogP contribution in [0, 0.1) is 39.0 Å². The van der Waals surface area contributed by atoms with Gasteiger partial charge in [-0.3, -0.25) is 10.1 Å². The summed E-state index contributed by atoms with van der Waals surface area (Å²) >= 11 is 1.43. The number of carbonyl (C=O) groups is 1. The molecule has 6 heteroatoms. The number of para-hydroxylation sites is 1. The number of rotatable bonds is 5. The Balaban J connectivity index is 1.86. The molecule has 1 amide bonds. The normalized spacial score (nSPS) is 12.0. The van der Waals surface area contributed by atoms with Gasteiger partial charge in [-0.25, -0.2) is 4.98 Å². The van der Waals surface area contributed by atoms with E-state index in [0.29, 0.717) is 17.7 Å². The summed E-state index contributed by atoms with van der Waals surface area (Å²) in [7, 11) is 0. The number of nitrogens with zero attached hydrogens (tertiary/aromatic N) is 2. The quantitative estimate of drug-likeness (QED) is 0.584. The van der Waals surface area contributed by atoms with E-state index in [1.54, 1.807) is 6.92 Å². The summed E-state index contributed by atoms with van der Waals surface area (Å²) in [5, 5.41) is 13.7. The summed E-state index contributed by atoms with van der Waals surface area (Å²) in [5.41, 5.74) is 4.34. The van der Waals surface area contributed by atoms with Gasteiger partial charge in [0.05, 0.1) is 15.8 Å². The van der Waals surface area contributed by atoms with Gasteiger partial charge in [0.1, 0.15) is 17.4 Å². The van der Waals surface area contributed by atoms with Crippen LogP contribution in [0.2, 0.25) is 0 Å². The number of carbonyl (C=O) groups excluding carboxylic acids is 1. The number of anilines is 1. The van der Waals surface area contributed by atoms with Crippen LogP contribution in [0.3, 0.4) is 0 Å². The van der Waals surface area contributed by atoms with Crippen molar-refractivity contribution in [2.45, 2.75) is 51.3 Å². The molecule has 1 unspecified atom stereocenters. The Labute approximate surface area is 169 Å². The molecule has 5 nitrogen and oxygen atoms in total. The highest BCUT2D eigenvalue weighted by molar-refractivity contribution is 8.00. The van der Waals surface area contributed by atoms with Crippen LogP contribution in [0.5, 0.6) is 0 Å². The number of nitriles is 1. The van der Waals surface area contributed by atoms with Gasteiger partial charge in [-0.05, 0) is 51.3 Å². The first-order valence-electron chi connectivity index (χ1n) is 9.20. The first kappa shape index (κ1) is 20.0. The number of amides is 1. The van der Waals surface area contributed by atoms with Crippen molar-refractivity contribution in [3.8, 4) is 6.07 Å². The lowest BCUT2D eigenvalue weighted by atomic mass is 10.1. The molecule has 0 saturated carbocycles. The van der Waals surface area contributed by atoms with E-state index in [1.807, 2.05) is 39.0 Å². The van der Waals surface area contributed by atoms with Gasteiger partial charge in [0.2, 0.25) is 11.8 Å². The van der Waals surface area contributed by atoms with Gasteiger partial charge < -0.3 is 4.42 Å². The molecule has 1 N–H and O–H groups in total. The Morgan fingerprint density at radius 3 is 2.71 bits per heavy atom. The van der Waals surface area contributed by atoms with Crippen molar-refractivity contribution in [3.05, 3.63) is 52.3 Å². The van der Waals surface area contributed by atoms with Crippen LogP contribution in [0.25, 0.3) is 10.9 Å². The largest absolute Gasteiger partial charge is 0.444 e. The number of aromatic nitrogens is 1. The number of pyridine rings is 1. The molecule has 0 aliphatic carbocycles. The van der Waals surface area contributed by atoms with Crippen molar-refractivity contribution in [3.63, 3.8) is 0 Å². The third-order valence-corrected chi connectivity index (χ3v) is 6.17. The molecule has 0 aliphatic heterocycles. The number of nitrogens with one attached hydrogen (secondary N) is 1. The summed E-state index contributed by atoms with van der Waals surface area (Å²) in [6.07, 6.45) is 0.629. The van der Waals surface area contributed by atoms with E-state index in [-0.39, 0.29) is 17.0 Å². The van der Waals surface area contributed by atoms with E-state index >= 15 is 0 Å². The zero-order chi connectivity index (χ0) is 20.4. The fourth-order valence-electron chi connectivity index (χ4n) is 3.10. The molecular weight excluding hydrogens is 370 g/mol. The molecule has 0 saturated heterocycles. The average Bonchev–Trinajstić information content (AvgIpc) is 2.93. The lowest BCUT2D eigenvalue weighted by molar-refractivity contribution is -0.115. The Kier molecular flexibility index (Phi) is 5.76. The molecule has 0 radical (unpaired) electrons. The smallest absolute Gasteiger partial charge is 0.240 e. The van der Waals surface area contributed by atoms with Crippen molar-refractivity contribution >= 4 is 34.5 Å². The molecule has 1 atom stereocenters. The molecule has 144 valence electrons. The second-order valence-electron chi connectivity index (χ2n) is 6.85. The zero-order valence-electron chi connectivity index (χ0n) is 16.7. The van der Waals surface area contributed by atoms with E-state index in [2.05, 4.69) is 24.4 Å². The maximum absolute atomic E-state index is 12.8. The van der Waals surface area contributed by atoms with E-state index in [1.165, 1.54) is 11.8 Å². The second-order valence-corrected chi connectivity index (χ2v) is 8.07. The SMILES string of the molecule is CCC(Sc1cc(C)c2cccc(C)c2n1)C(=O)Nc1oc(C)c(C)c1C#N. The molecule has 0 fully saturated rings. The number of fused-ring (bicyclic) bond motifs is 1. The minimum atomic E-state index is -0.342. The standard InChI is InChI=1S/C22H23N3O2S/c1-6-18(21(26)25-22-17(11-23)14(4)15(5)27-22)28-19-10-13(3)16-9-7-8-12(2)20(16)24-19/h7-10,18H,6H2,1-5H3,(H,25,26). The fourth-order valence-corrected chi connectivity index (χ4v) is 4.11. The van der Waals surface area contributed by atoms with E-state index in [9.17, 15) is 10.1 Å². The van der Waals surface area contributed by atoms with Gasteiger partial charge in [0.15, 0.2) is 0 Å². The van der Waals surface area contributed by atoms with E-state index in [4.69, 9.17) is 9.40 Å². The van der Waals surface area contributed by atoms with Gasteiger partial charge in [0.25, 0.3) is 0 Å². The summed E-state index contributed by atoms with van der Waals surface area (Å²) in [4.78, 5) is 17.6. The number of furan rings is 1. The van der Waals surface area contributed by atoms with E-state index in [0.717, 1.165) is 32.6 Å². The summed E-state index contributed by atoms with van der Waals surface area (Å²) in [6, 6.07) is 10.3. The molecule has 0 spiro atoms. The van der Waals surface area contributed by atoms with Gasteiger partial charge in [-0.15, -0.1) is 0 Å². The zero-order valence-corrected chi connectivity index (χ0v) is 17.5. The van der Waals surface area contributed by atoms with E-state index < -0.39 is 0 Å². The Bertz CT molecular complexity index is 1100. The summed E-state index contributed by atoms with van der Waals surface area (Å²) in [5.74, 6) is 0.664. The van der Waals surface area contributed by atoms with Crippen LogP contribution in [0.4, 0.5) is 5.88 Å². The lowest BCUT2D eigenvalue weighted by Crippen LogP contribution is -2.24. The minimum absolute atomic E-state index is 0.193. The van der Waals surface area contributed by atoms with Gasteiger partial charge >= 0.3 is 0 Å². The van der Waals surface area contributed by atoms with Crippen molar-refractivity contribution in [2.75, 3.05) is 5.32 Å². The molecule has 3 aromatic rings. The number of thioether (sulfide) groups is 1. The van der Waals surface area contributed by atoms with Crippen LogP contribution in [0.1, 0.15) is 41.4 Å². The Hall–Kier alpha value is -2.78. The van der Waals surface area contributed by atoms with Crippen LogP contribution in [-0.2, 0) is 4.79 Å². The van der Waals surface area contributed by atoms with Gasteiger partial charge in [0, 0.05) is 10.9 Å². The Morgan fingerprint density at radius 1 is 1.29 bits per heavy atom. The fraction of sp³-hybridized carbons (Fsp3) is 0.318. The minimum Gasteiger partial charge on any atom is -0.444 e. The predicted octanol–water partition coefficient (Wildman–Crippen LogP) is 5.44. The monoisotopic (exact) mass is 393 g/mol. The van der Waals surface area contributed by atoms with Crippen molar-refractivity contribution < 1.29 is 9.21 Å². The molecule has 0 bridgehead atoms. The first-order valence-corrected chi connectivity index (χ1v) is 10.1. The highest BCUT2D eigenvalue weighted by Crippen LogP contribution is 2.31. The van der Waals surface area contributed by atoms with Gasteiger partial charge in [-0.1, -0.05) is 36.9 Å². The molecule has 0 aliphatic rings. The average molecular weight is 394 g/mol. The molecule has 2 aromatic heterocycles. The number of hydrogen-bond donors (Lipinski definition) is 1. The maximum Gasteiger partial charge on any atom is 0.240 e. The third kappa shape index (κ3) is 3.76. The Morgan fingerprint density at radius 2 is 2.04 bits per heavy atom. The topological polar surface area (TPSA) is 78.9 Å². The lowest BCUT2D eigenvalue weighted by Gasteiger charge is -2.15. The first-order chi connectivity index (χ1) is 13.3. The highest BCUT2D eigenvalue weighted by Gasteiger charge is 2.23. The van der Waals surface area contributed by atoms with Crippen LogP contribution in [0.15, 0.2) is 33.7 Å². The van der Waals surface area contributed by atoms with Crippen molar-refractivity contribution in [1.82, 2.24) is 4.98 Å². The highest BCUT2D eigenvalue weighted by atomic mass is 32.2. The van der Waals surface area contributed by atoms with Crippen molar-refractivity contribution in [2.24, 2.45) is 0 Å². The number of hydrogen-bond acceptors (Lipinski definition) is 5. The van der Waals surface area contributed by atoms with Gasteiger partial charge in [-0.2, -0.15) is 5.26 Å². The molecular formula is C22H23N3O2S. The molecule has 28 heavy (non-hydrogen) atoms. The van der Waals surface area contributed by atoms with Crippen LogP contribution >= 0.6 is 11.8 Å². The van der Waals surface area contributed by atoms with Crippen LogP contribution < -0.4 is 5.32 Å². The predicted molar refractivity (Wildman–Crippen MR) is 113 cm³/mol. The molecule has 3 rings (SSSR count). The number of benzene rings is 1. The van der Waals surface area contributed by atoms with Crippen LogP contribution in [-0.4, -0.2) is 16.1 Å². The maximum atomic E-state index is 12.8. The summed E-state index contributed by atoms with van der Waals surface area (Å²) in [6.45, 7) is 9.64. The summed E-state index contributed by atoms with van der Waals surface area (Å²) < 4.78 is 5.57. The molecule has 2 heterocycles. The molecule has 1 aromatic carbocycles. The third-order valence-electron chi connectivity index (χ3n) is 4.88. The number of aryl methyl sites for hydroxylation is 3.